The summed E-state index contributed by atoms with van der Waals surface area (Å²) in [6, 6.07) is 1.38. The van der Waals surface area contributed by atoms with Gasteiger partial charge in [0.2, 0.25) is 0 Å². The van der Waals surface area contributed by atoms with Crippen LogP contribution in [-0.4, -0.2) is 54.5 Å². The Morgan fingerprint density at radius 1 is 1.00 bits per heavy atom. The molecule has 4 fully saturated rings. The van der Waals surface area contributed by atoms with Gasteiger partial charge in [0.05, 0.1) is 0 Å². The van der Waals surface area contributed by atoms with Gasteiger partial charge in [-0.3, -0.25) is 15.0 Å². The van der Waals surface area contributed by atoms with Gasteiger partial charge in [-0.1, -0.05) is 38.5 Å². The summed E-state index contributed by atoms with van der Waals surface area (Å²) in [6.45, 7) is 2.33. The Bertz CT molecular complexity index is 543. The minimum atomic E-state index is -0.625. The lowest BCUT2D eigenvalue weighted by Gasteiger charge is -2.42. The normalized spacial score (nSPS) is 38.4. The van der Waals surface area contributed by atoms with E-state index < -0.39 is 5.97 Å². The maximum absolute atomic E-state index is 11.1. The Morgan fingerprint density at radius 2 is 1.83 bits per heavy atom. The average molecular weight is 421 g/mol. The smallest absolute Gasteiger partial charge is 0.303 e. The molecule has 5 nitrogen and oxygen atoms in total. The predicted molar refractivity (Wildman–Crippen MR) is 119 cm³/mol. The van der Waals surface area contributed by atoms with Crippen LogP contribution in [-0.2, 0) is 9.53 Å². The van der Waals surface area contributed by atoms with Crippen molar-refractivity contribution in [3.05, 3.63) is 0 Å². The fourth-order valence-electron chi connectivity index (χ4n) is 7.28. The van der Waals surface area contributed by atoms with Crippen molar-refractivity contribution in [2.75, 3.05) is 20.2 Å². The first-order valence-corrected chi connectivity index (χ1v) is 12.9. The molecule has 2 saturated heterocycles. The van der Waals surface area contributed by atoms with E-state index in [-0.39, 0.29) is 6.23 Å². The second kappa shape index (κ2) is 10.8. The number of aliphatic carboxylic acids is 1. The Hall–Kier alpha value is -0.650. The van der Waals surface area contributed by atoms with Gasteiger partial charge in [0.1, 0.15) is 6.23 Å². The van der Waals surface area contributed by atoms with Crippen molar-refractivity contribution in [2.45, 2.75) is 108 Å². The number of carboxylic acids is 1. The zero-order valence-electron chi connectivity index (χ0n) is 19.1. The lowest BCUT2D eigenvalue weighted by atomic mass is 9.71. The molecule has 4 rings (SSSR count). The third-order valence-electron chi connectivity index (χ3n) is 8.98. The Morgan fingerprint density at radius 3 is 2.53 bits per heavy atom. The van der Waals surface area contributed by atoms with Gasteiger partial charge in [0.25, 0.3) is 0 Å². The van der Waals surface area contributed by atoms with Gasteiger partial charge in [-0.05, 0) is 68.6 Å². The van der Waals surface area contributed by atoms with E-state index in [1.807, 2.05) is 7.11 Å². The lowest BCUT2D eigenvalue weighted by molar-refractivity contribution is -0.137. The van der Waals surface area contributed by atoms with Crippen LogP contribution in [0.5, 0.6) is 0 Å². The van der Waals surface area contributed by atoms with Crippen LogP contribution >= 0.6 is 0 Å². The molecule has 172 valence electrons. The molecule has 0 aromatic heterocycles. The second-order valence-corrected chi connectivity index (χ2v) is 10.7. The largest absolute Gasteiger partial charge is 0.481 e. The number of nitrogens with one attached hydrogen (secondary N) is 1. The summed E-state index contributed by atoms with van der Waals surface area (Å²) in [5.74, 6) is 2.59. The van der Waals surface area contributed by atoms with Crippen LogP contribution in [0.1, 0.15) is 89.9 Å². The Labute approximate surface area is 183 Å². The quantitative estimate of drug-likeness (QED) is 0.598. The number of likely N-dealkylation sites (tertiary alicyclic amines) is 1. The van der Waals surface area contributed by atoms with Crippen LogP contribution in [0.3, 0.4) is 0 Å². The fourth-order valence-corrected chi connectivity index (χ4v) is 7.28. The molecule has 2 aliphatic carbocycles. The molecule has 0 amide bonds. The highest BCUT2D eigenvalue weighted by molar-refractivity contribution is 5.66. The van der Waals surface area contributed by atoms with Crippen LogP contribution < -0.4 is 5.32 Å². The molecule has 2 N–H and O–H groups in total. The maximum atomic E-state index is 11.1. The van der Waals surface area contributed by atoms with E-state index in [0.29, 0.717) is 18.4 Å². The average Bonchev–Trinajstić information content (AvgIpc) is 3.15. The highest BCUT2D eigenvalue weighted by Gasteiger charge is 2.47. The molecule has 0 aromatic rings. The first-order chi connectivity index (χ1) is 14.6. The number of piperidine rings is 1. The molecule has 2 saturated carbocycles. The molecule has 0 radical (unpaired) electrons. The summed E-state index contributed by atoms with van der Waals surface area (Å²) in [5.41, 5.74) is 0. The molecule has 4 aliphatic rings. The van der Waals surface area contributed by atoms with Crippen LogP contribution in [0, 0.1) is 23.7 Å². The third-order valence-corrected chi connectivity index (χ3v) is 8.98. The topological polar surface area (TPSA) is 61.8 Å². The van der Waals surface area contributed by atoms with E-state index in [4.69, 9.17) is 9.84 Å². The van der Waals surface area contributed by atoms with E-state index >= 15 is 0 Å². The van der Waals surface area contributed by atoms with E-state index in [1.165, 1.54) is 77.2 Å². The monoisotopic (exact) mass is 420 g/mol. The van der Waals surface area contributed by atoms with E-state index in [0.717, 1.165) is 43.2 Å². The van der Waals surface area contributed by atoms with Crippen LogP contribution in [0.2, 0.25) is 0 Å². The highest BCUT2D eigenvalue weighted by Crippen LogP contribution is 2.47. The summed E-state index contributed by atoms with van der Waals surface area (Å²) in [6.07, 6.45) is 17.7. The number of ether oxygens (including phenoxy) is 1. The fraction of sp³-hybridized carbons (Fsp3) is 0.960. The molecule has 0 aromatic carbocycles. The molecule has 30 heavy (non-hydrogen) atoms. The molecule has 2 aliphatic heterocycles. The summed E-state index contributed by atoms with van der Waals surface area (Å²) in [4.78, 5) is 14.0. The van der Waals surface area contributed by atoms with Crippen LogP contribution in [0.15, 0.2) is 0 Å². The van der Waals surface area contributed by atoms with Gasteiger partial charge >= 0.3 is 5.97 Å². The zero-order valence-corrected chi connectivity index (χ0v) is 19.1. The van der Waals surface area contributed by atoms with Crippen molar-refractivity contribution in [1.29, 1.82) is 0 Å². The molecule has 6 atom stereocenters. The molecule has 5 heteroatoms. The number of hydrogen-bond donors (Lipinski definition) is 2. The van der Waals surface area contributed by atoms with Gasteiger partial charge < -0.3 is 9.84 Å². The second-order valence-electron chi connectivity index (χ2n) is 10.7. The van der Waals surface area contributed by atoms with Gasteiger partial charge in [-0.15, -0.1) is 0 Å². The number of carbonyl (C=O) groups is 1. The number of methoxy groups -OCH3 is 1. The van der Waals surface area contributed by atoms with Crippen molar-refractivity contribution in [3.8, 4) is 0 Å². The zero-order chi connectivity index (χ0) is 20.9. The number of fused-ring (bicyclic) bond motifs is 1. The third kappa shape index (κ3) is 5.58. The standard InChI is InChI=1S/C25H44N2O3/c1-30-24-13-11-21(16-26-24)27-17-20(10-7-18-5-3-2-4-6-18)22-15-19(8-12-23(22)27)9-14-25(28)29/h18-24,26H,2-17H2,1H3,(H,28,29). The highest BCUT2D eigenvalue weighted by atomic mass is 16.5. The summed E-state index contributed by atoms with van der Waals surface area (Å²) in [5, 5.41) is 12.7. The molecule has 0 spiro atoms. The minimum absolute atomic E-state index is 0.230. The van der Waals surface area contributed by atoms with E-state index in [2.05, 4.69) is 10.2 Å². The SMILES string of the molecule is COC1CCC(N2CC(CCC3CCCCC3)C3CC(CCC(=O)O)CCC32)CN1. The van der Waals surface area contributed by atoms with Crippen LogP contribution in [0.4, 0.5) is 0 Å². The van der Waals surface area contributed by atoms with Gasteiger partial charge in [-0.25, -0.2) is 0 Å². The van der Waals surface area contributed by atoms with E-state index in [1.54, 1.807) is 0 Å². The summed E-state index contributed by atoms with van der Waals surface area (Å²) in [7, 11) is 1.81. The predicted octanol–water partition coefficient (Wildman–Crippen LogP) is 4.65. The van der Waals surface area contributed by atoms with Crippen molar-refractivity contribution < 1.29 is 14.6 Å². The first-order valence-electron chi connectivity index (χ1n) is 12.9. The summed E-state index contributed by atoms with van der Waals surface area (Å²) < 4.78 is 5.52. The molecule has 0 bridgehead atoms. The van der Waals surface area contributed by atoms with Crippen molar-refractivity contribution in [3.63, 3.8) is 0 Å². The summed E-state index contributed by atoms with van der Waals surface area (Å²) >= 11 is 0. The molecule has 2 heterocycles. The Balaban J connectivity index is 1.38. The van der Waals surface area contributed by atoms with Gasteiger partial charge in [-0.2, -0.15) is 0 Å². The van der Waals surface area contributed by atoms with Gasteiger partial charge in [0.15, 0.2) is 0 Å². The van der Waals surface area contributed by atoms with E-state index in [9.17, 15) is 4.79 Å². The van der Waals surface area contributed by atoms with Crippen molar-refractivity contribution >= 4 is 5.97 Å². The molecule has 6 unspecified atom stereocenters. The number of carboxylic acid groups (broad SMARTS) is 1. The minimum Gasteiger partial charge on any atom is -0.481 e. The lowest BCUT2D eigenvalue weighted by Crippen LogP contribution is -2.52. The number of nitrogens with zero attached hydrogens (tertiary/aromatic N) is 1. The Kier molecular flexibility index (Phi) is 8.10. The van der Waals surface area contributed by atoms with Crippen molar-refractivity contribution in [2.24, 2.45) is 23.7 Å². The van der Waals surface area contributed by atoms with Crippen molar-refractivity contribution in [1.82, 2.24) is 10.2 Å². The van der Waals surface area contributed by atoms with Gasteiger partial charge in [0, 0.05) is 38.7 Å². The maximum Gasteiger partial charge on any atom is 0.303 e. The van der Waals surface area contributed by atoms with Crippen LogP contribution in [0.25, 0.3) is 0 Å². The first kappa shape index (κ1) is 22.5. The molecular weight excluding hydrogens is 376 g/mol. The number of hydrogen-bond acceptors (Lipinski definition) is 4. The molecular formula is C25H44N2O3. The number of rotatable bonds is 8.